The first-order valence-corrected chi connectivity index (χ1v) is 9.10. The van der Waals surface area contributed by atoms with Crippen molar-refractivity contribution in [2.24, 2.45) is 0 Å². The van der Waals surface area contributed by atoms with Crippen molar-refractivity contribution >= 4 is 40.2 Å². The number of hydrogen-bond donors (Lipinski definition) is 1. The van der Waals surface area contributed by atoms with Crippen LogP contribution in [0.4, 0.5) is 0 Å². The highest BCUT2D eigenvalue weighted by Crippen LogP contribution is 2.22. The topological polar surface area (TPSA) is 73.2 Å². The van der Waals surface area contributed by atoms with Gasteiger partial charge >= 0.3 is 0 Å². The van der Waals surface area contributed by atoms with E-state index in [-0.39, 0.29) is 23.3 Å². The largest absolute Gasteiger partial charge is 0.376 e. The molecule has 1 fully saturated rings. The lowest BCUT2D eigenvalue weighted by molar-refractivity contribution is -0.118. The molecule has 1 aliphatic heterocycles. The van der Waals surface area contributed by atoms with E-state index in [0.29, 0.717) is 27.6 Å². The fourth-order valence-corrected chi connectivity index (χ4v) is 3.69. The maximum Gasteiger partial charge on any atom is 0.262 e. The van der Waals surface area contributed by atoms with Gasteiger partial charge in [-0.1, -0.05) is 23.4 Å². The van der Waals surface area contributed by atoms with Crippen LogP contribution in [0.5, 0.6) is 0 Å². The molecular formula is C16H18ClN3O3S. The van der Waals surface area contributed by atoms with Gasteiger partial charge in [-0.25, -0.2) is 4.98 Å². The summed E-state index contributed by atoms with van der Waals surface area (Å²) in [6.07, 6.45) is 1.93. The number of hydrogen-bond acceptors (Lipinski definition) is 5. The molecular weight excluding hydrogens is 350 g/mol. The number of amides is 1. The van der Waals surface area contributed by atoms with Crippen LogP contribution < -0.4 is 10.9 Å². The minimum Gasteiger partial charge on any atom is -0.376 e. The number of fused-ring (bicyclic) bond motifs is 1. The molecule has 24 heavy (non-hydrogen) atoms. The third-order valence-corrected chi connectivity index (χ3v) is 5.12. The lowest BCUT2D eigenvalue weighted by atomic mass is 10.2. The third-order valence-electron chi connectivity index (χ3n) is 3.90. The van der Waals surface area contributed by atoms with Crippen molar-refractivity contribution in [2.75, 3.05) is 19.4 Å². The summed E-state index contributed by atoms with van der Waals surface area (Å²) in [6.45, 7) is 1.16. The molecule has 1 atom stereocenters. The predicted molar refractivity (Wildman–Crippen MR) is 94.8 cm³/mol. The standard InChI is InChI=1S/C16H18ClN3O3S/c1-18-14(21)9-24-16-19-13-7-10(17)4-5-12(13)15(22)20(16)8-11-3-2-6-23-11/h4-5,7,11H,2-3,6,8-9H2,1H3,(H,18,21)/t11-/m1/s1. The SMILES string of the molecule is CNC(=O)CSc1nc2cc(Cl)ccc2c(=O)n1C[C@H]1CCCO1. The Kier molecular flexibility index (Phi) is 5.43. The molecule has 128 valence electrons. The van der Waals surface area contributed by atoms with Crippen molar-refractivity contribution in [3.8, 4) is 0 Å². The molecule has 1 saturated heterocycles. The number of thioether (sulfide) groups is 1. The highest BCUT2D eigenvalue weighted by atomic mass is 35.5. The Labute approximate surface area is 148 Å². The summed E-state index contributed by atoms with van der Waals surface area (Å²) >= 11 is 7.25. The minimum absolute atomic E-state index is 0.00796. The lowest BCUT2D eigenvalue weighted by Gasteiger charge is -2.16. The summed E-state index contributed by atoms with van der Waals surface area (Å²) in [6, 6.07) is 5.03. The quantitative estimate of drug-likeness (QED) is 0.647. The van der Waals surface area contributed by atoms with E-state index in [0.717, 1.165) is 19.4 Å². The number of nitrogens with zero attached hydrogens (tertiary/aromatic N) is 2. The lowest BCUT2D eigenvalue weighted by Crippen LogP contribution is -2.29. The van der Waals surface area contributed by atoms with Crippen LogP contribution in [0.1, 0.15) is 12.8 Å². The van der Waals surface area contributed by atoms with Crippen molar-refractivity contribution in [1.82, 2.24) is 14.9 Å². The van der Waals surface area contributed by atoms with Crippen LogP contribution in [0, 0.1) is 0 Å². The van der Waals surface area contributed by atoms with Crippen LogP contribution in [0.15, 0.2) is 28.2 Å². The van der Waals surface area contributed by atoms with Crippen LogP contribution in [-0.4, -0.2) is 41.0 Å². The van der Waals surface area contributed by atoms with Gasteiger partial charge in [0.05, 0.1) is 29.3 Å². The van der Waals surface area contributed by atoms with Gasteiger partial charge in [0.25, 0.3) is 5.56 Å². The molecule has 1 aromatic heterocycles. The first-order chi connectivity index (χ1) is 11.6. The van der Waals surface area contributed by atoms with Gasteiger partial charge in [0.1, 0.15) is 0 Å². The number of carbonyl (C=O) groups excluding carboxylic acids is 1. The van der Waals surface area contributed by atoms with E-state index < -0.39 is 0 Å². The van der Waals surface area contributed by atoms with Crippen molar-refractivity contribution in [3.63, 3.8) is 0 Å². The predicted octanol–water partition coefficient (Wildman–Crippen LogP) is 2.07. The minimum atomic E-state index is -0.133. The molecule has 0 spiro atoms. The Morgan fingerprint density at radius 1 is 1.54 bits per heavy atom. The molecule has 6 nitrogen and oxygen atoms in total. The zero-order valence-electron chi connectivity index (χ0n) is 13.3. The zero-order chi connectivity index (χ0) is 17.1. The summed E-state index contributed by atoms with van der Waals surface area (Å²) in [5, 5.41) is 4.11. The number of rotatable bonds is 5. The van der Waals surface area contributed by atoms with Gasteiger partial charge in [-0.05, 0) is 31.0 Å². The first kappa shape index (κ1) is 17.3. The fourth-order valence-electron chi connectivity index (χ4n) is 2.64. The maximum atomic E-state index is 12.9. The number of ether oxygens (including phenoxy) is 1. The monoisotopic (exact) mass is 367 g/mol. The van der Waals surface area contributed by atoms with Gasteiger partial charge in [-0.3, -0.25) is 14.2 Å². The Morgan fingerprint density at radius 3 is 3.08 bits per heavy atom. The summed E-state index contributed by atoms with van der Waals surface area (Å²) < 4.78 is 7.26. The summed E-state index contributed by atoms with van der Waals surface area (Å²) in [4.78, 5) is 29.0. The van der Waals surface area contributed by atoms with E-state index in [1.165, 1.54) is 11.8 Å². The highest BCUT2D eigenvalue weighted by Gasteiger charge is 2.20. The van der Waals surface area contributed by atoms with Gasteiger partial charge in [-0.15, -0.1) is 0 Å². The van der Waals surface area contributed by atoms with E-state index in [1.807, 2.05) is 0 Å². The van der Waals surface area contributed by atoms with E-state index >= 15 is 0 Å². The van der Waals surface area contributed by atoms with Crippen LogP contribution in [0.2, 0.25) is 5.02 Å². The zero-order valence-corrected chi connectivity index (χ0v) is 14.8. The second-order valence-electron chi connectivity index (χ2n) is 5.57. The van der Waals surface area contributed by atoms with Crippen molar-refractivity contribution < 1.29 is 9.53 Å². The van der Waals surface area contributed by atoms with Crippen molar-refractivity contribution in [3.05, 3.63) is 33.6 Å². The third kappa shape index (κ3) is 3.74. The highest BCUT2D eigenvalue weighted by molar-refractivity contribution is 7.99. The van der Waals surface area contributed by atoms with Gasteiger partial charge in [0.15, 0.2) is 5.16 Å². The Hall–Kier alpha value is -1.57. The average molecular weight is 368 g/mol. The van der Waals surface area contributed by atoms with E-state index in [2.05, 4.69) is 10.3 Å². The molecule has 0 aliphatic carbocycles. The molecule has 0 radical (unpaired) electrons. The molecule has 2 aromatic rings. The number of carbonyl (C=O) groups is 1. The van der Waals surface area contributed by atoms with Gasteiger partial charge in [0.2, 0.25) is 5.91 Å². The Morgan fingerprint density at radius 2 is 2.38 bits per heavy atom. The molecule has 0 unspecified atom stereocenters. The Bertz CT molecular complexity index is 818. The molecule has 0 bridgehead atoms. The van der Waals surface area contributed by atoms with Gasteiger partial charge in [-0.2, -0.15) is 0 Å². The summed E-state index contributed by atoms with van der Waals surface area (Å²) in [7, 11) is 1.58. The molecule has 2 heterocycles. The number of nitrogens with one attached hydrogen (secondary N) is 1. The molecule has 1 amide bonds. The van der Waals surface area contributed by atoms with Gasteiger partial charge in [0, 0.05) is 18.7 Å². The van der Waals surface area contributed by atoms with Crippen LogP contribution in [-0.2, 0) is 16.1 Å². The van der Waals surface area contributed by atoms with Crippen molar-refractivity contribution in [2.45, 2.75) is 30.6 Å². The van der Waals surface area contributed by atoms with E-state index in [9.17, 15) is 9.59 Å². The molecule has 1 N–H and O–H groups in total. The number of aromatic nitrogens is 2. The molecule has 8 heteroatoms. The summed E-state index contributed by atoms with van der Waals surface area (Å²) in [5.74, 6) is 0.0738. The first-order valence-electron chi connectivity index (χ1n) is 7.73. The van der Waals surface area contributed by atoms with E-state index in [1.54, 1.807) is 29.8 Å². The molecule has 1 aliphatic rings. The molecule has 3 rings (SSSR count). The average Bonchev–Trinajstić information content (AvgIpc) is 3.08. The molecule has 1 aromatic carbocycles. The second kappa shape index (κ2) is 7.55. The number of benzene rings is 1. The Balaban J connectivity index is 2.02. The number of halogens is 1. The molecule has 0 saturated carbocycles. The maximum absolute atomic E-state index is 12.9. The fraction of sp³-hybridized carbons (Fsp3) is 0.438. The van der Waals surface area contributed by atoms with Crippen molar-refractivity contribution in [1.29, 1.82) is 0 Å². The second-order valence-corrected chi connectivity index (χ2v) is 6.95. The van der Waals surface area contributed by atoms with Crippen LogP contribution in [0.25, 0.3) is 10.9 Å². The van der Waals surface area contributed by atoms with Crippen LogP contribution in [0.3, 0.4) is 0 Å². The normalized spacial score (nSPS) is 17.3. The van der Waals surface area contributed by atoms with Crippen LogP contribution >= 0.6 is 23.4 Å². The van der Waals surface area contributed by atoms with E-state index in [4.69, 9.17) is 16.3 Å². The smallest absolute Gasteiger partial charge is 0.262 e. The van der Waals surface area contributed by atoms with Gasteiger partial charge < -0.3 is 10.1 Å². The summed E-state index contributed by atoms with van der Waals surface area (Å²) in [5.41, 5.74) is 0.405.